The van der Waals surface area contributed by atoms with Crippen LogP contribution in [0.3, 0.4) is 0 Å². The molecule has 4 heteroatoms. The summed E-state index contributed by atoms with van der Waals surface area (Å²) in [5.41, 5.74) is 2.42. The first-order valence-electron chi connectivity index (χ1n) is 7.24. The minimum absolute atomic E-state index is 0.140. The van der Waals surface area contributed by atoms with E-state index in [9.17, 15) is 9.59 Å². The van der Waals surface area contributed by atoms with Crippen LogP contribution in [0, 0.1) is 12.8 Å². The van der Waals surface area contributed by atoms with E-state index in [-0.39, 0.29) is 24.2 Å². The largest absolute Gasteiger partial charge is 0.274 e. The molecular weight excluding hydrogens is 298 g/mol. The van der Waals surface area contributed by atoms with Crippen molar-refractivity contribution in [1.82, 2.24) is 0 Å². The van der Waals surface area contributed by atoms with Crippen LogP contribution in [-0.4, -0.2) is 11.8 Å². The van der Waals surface area contributed by atoms with Crippen LogP contribution in [0.4, 0.5) is 5.69 Å². The second-order valence-corrected chi connectivity index (χ2v) is 5.95. The third kappa shape index (κ3) is 2.64. The van der Waals surface area contributed by atoms with E-state index in [1.165, 1.54) is 4.90 Å². The van der Waals surface area contributed by atoms with E-state index in [1.54, 1.807) is 18.2 Å². The van der Waals surface area contributed by atoms with Gasteiger partial charge in [0.1, 0.15) is 0 Å². The van der Waals surface area contributed by atoms with Gasteiger partial charge in [-0.1, -0.05) is 48.0 Å². The van der Waals surface area contributed by atoms with Crippen molar-refractivity contribution in [2.75, 3.05) is 4.90 Å². The first-order valence-corrected chi connectivity index (χ1v) is 7.61. The second-order valence-electron chi connectivity index (χ2n) is 5.54. The van der Waals surface area contributed by atoms with Gasteiger partial charge in [0.2, 0.25) is 11.8 Å². The van der Waals surface area contributed by atoms with Crippen LogP contribution in [0.1, 0.15) is 17.5 Å². The molecule has 0 radical (unpaired) electrons. The maximum atomic E-state index is 12.6. The van der Waals surface area contributed by atoms with Gasteiger partial charge >= 0.3 is 0 Å². The Bertz CT molecular complexity index is 727. The van der Waals surface area contributed by atoms with E-state index < -0.39 is 0 Å². The first-order chi connectivity index (χ1) is 10.6. The highest BCUT2D eigenvalue weighted by molar-refractivity contribution is 6.32. The Hall–Kier alpha value is -2.13. The highest BCUT2D eigenvalue weighted by atomic mass is 35.5. The molecule has 112 valence electrons. The van der Waals surface area contributed by atoms with E-state index in [4.69, 9.17) is 11.6 Å². The normalized spacial score (nSPS) is 18.1. The summed E-state index contributed by atoms with van der Waals surface area (Å²) in [6.07, 6.45) is 0.835. The Morgan fingerprint density at radius 1 is 1.09 bits per heavy atom. The molecule has 1 aliphatic rings. The van der Waals surface area contributed by atoms with Crippen molar-refractivity contribution >= 4 is 29.1 Å². The van der Waals surface area contributed by atoms with Crippen LogP contribution in [0.2, 0.25) is 5.02 Å². The minimum Gasteiger partial charge on any atom is -0.274 e. The quantitative estimate of drug-likeness (QED) is 0.809. The predicted molar refractivity (Wildman–Crippen MR) is 86.9 cm³/mol. The first kappa shape index (κ1) is 14.8. The number of imide groups is 1. The molecule has 0 aliphatic carbocycles. The molecule has 0 N–H and O–H groups in total. The Kier molecular flexibility index (Phi) is 3.99. The fourth-order valence-electron chi connectivity index (χ4n) is 2.84. The van der Waals surface area contributed by atoms with Crippen LogP contribution < -0.4 is 4.90 Å². The molecule has 1 atom stereocenters. The number of anilines is 1. The maximum Gasteiger partial charge on any atom is 0.237 e. The standard InChI is InChI=1S/C18H16ClNO2/c1-12-15(19)8-5-9-16(12)20-17(21)11-14(18(20)22)10-13-6-3-2-4-7-13/h2-9,14H,10-11H2,1H3/t14-/m0/s1. The topological polar surface area (TPSA) is 37.4 Å². The lowest BCUT2D eigenvalue weighted by Gasteiger charge is -2.18. The van der Waals surface area contributed by atoms with Crippen molar-refractivity contribution < 1.29 is 9.59 Å². The third-order valence-corrected chi connectivity index (χ3v) is 4.45. The number of benzene rings is 2. The Balaban J connectivity index is 1.87. The van der Waals surface area contributed by atoms with Crippen molar-refractivity contribution in [3.8, 4) is 0 Å². The molecule has 0 unspecified atom stereocenters. The molecular formula is C18H16ClNO2. The molecule has 22 heavy (non-hydrogen) atoms. The van der Waals surface area contributed by atoms with E-state index in [0.29, 0.717) is 17.1 Å². The Morgan fingerprint density at radius 3 is 2.55 bits per heavy atom. The molecule has 3 rings (SSSR count). The van der Waals surface area contributed by atoms with Gasteiger partial charge in [-0.25, -0.2) is 4.90 Å². The SMILES string of the molecule is Cc1c(Cl)cccc1N1C(=O)C[C@H](Cc2ccccc2)C1=O. The summed E-state index contributed by atoms with van der Waals surface area (Å²) in [4.78, 5) is 26.2. The van der Waals surface area contributed by atoms with Crippen LogP contribution >= 0.6 is 11.6 Å². The van der Waals surface area contributed by atoms with Gasteiger partial charge in [-0.05, 0) is 36.6 Å². The van der Waals surface area contributed by atoms with Crippen LogP contribution in [-0.2, 0) is 16.0 Å². The third-order valence-electron chi connectivity index (χ3n) is 4.04. The van der Waals surface area contributed by atoms with Gasteiger partial charge in [0.05, 0.1) is 11.6 Å². The molecule has 0 bridgehead atoms. The molecule has 1 fully saturated rings. The molecule has 1 heterocycles. The lowest BCUT2D eigenvalue weighted by molar-refractivity contribution is -0.122. The van der Waals surface area contributed by atoms with Gasteiger partial charge in [0.15, 0.2) is 0 Å². The van der Waals surface area contributed by atoms with E-state index in [0.717, 1.165) is 11.1 Å². The zero-order valence-corrected chi connectivity index (χ0v) is 13.0. The fourth-order valence-corrected chi connectivity index (χ4v) is 3.01. The molecule has 2 aromatic carbocycles. The molecule has 2 amide bonds. The number of hydrogen-bond donors (Lipinski definition) is 0. The zero-order chi connectivity index (χ0) is 15.7. The average molecular weight is 314 g/mol. The number of carbonyl (C=O) groups excluding carboxylic acids is 2. The second kappa shape index (κ2) is 5.93. The van der Waals surface area contributed by atoms with Gasteiger partial charge in [-0.15, -0.1) is 0 Å². The van der Waals surface area contributed by atoms with Crippen molar-refractivity contribution in [3.05, 3.63) is 64.7 Å². The van der Waals surface area contributed by atoms with Crippen molar-refractivity contribution in [2.24, 2.45) is 5.92 Å². The minimum atomic E-state index is -0.298. The summed E-state index contributed by atoms with van der Waals surface area (Å²) in [7, 11) is 0. The molecule has 0 aromatic heterocycles. The number of amides is 2. The highest BCUT2D eigenvalue weighted by Gasteiger charge is 2.39. The van der Waals surface area contributed by atoms with Crippen LogP contribution in [0.15, 0.2) is 48.5 Å². The monoisotopic (exact) mass is 313 g/mol. The average Bonchev–Trinajstić information content (AvgIpc) is 2.78. The van der Waals surface area contributed by atoms with Crippen LogP contribution in [0.5, 0.6) is 0 Å². The van der Waals surface area contributed by atoms with E-state index in [2.05, 4.69) is 0 Å². The predicted octanol–water partition coefficient (Wildman–Crippen LogP) is 3.77. The summed E-state index contributed by atoms with van der Waals surface area (Å²) >= 11 is 6.10. The van der Waals surface area contributed by atoms with Crippen molar-refractivity contribution in [1.29, 1.82) is 0 Å². The summed E-state index contributed by atoms with van der Waals surface area (Å²) in [5.74, 6) is -0.594. The maximum absolute atomic E-state index is 12.6. The summed E-state index contributed by atoms with van der Waals surface area (Å²) in [5, 5.41) is 0.560. The lowest BCUT2D eigenvalue weighted by atomic mass is 9.98. The van der Waals surface area contributed by atoms with Gasteiger partial charge in [0, 0.05) is 11.4 Å². The van der Waals surface area contributed by atoms with Crippen molar-refractivity contribution in [2.45, 2.75) is 19.8 Å². The number of carbonyl (C=O) groups is 2. The van der Waals surface area contributed by atoms with Gasteiger partial charge in [-0.2, -0.15) is 0 Å². The number of rotatable bonds is 3. The summed E-state index contributed by atoms with van der Waals surface area (Å²) < 4.78 is 0. The molecule has 0 saturated carbocycles. The molecule has 1 saturated heterocycles. The number of halogens is 1. The van der Waals surface area contributed by atoms with Crippen LogP contribution in [0.25, 0.3) is 0 Å². The fraction of sp³-hybridized carbons (Fsp3) is 0.222. The van der Waals surface area contributed by atoms with Gasteiger partial charge in [0.25, 0.3) is 0 Å². The van der Waals surface area contributed by atoms with E-state index >= 15 is 0 Å². The molecule has 2 aromatic rings. The summed E-state index contributed by atoms with van der Waals surface area (Å²) in [6.45, 7) is 1.82. The number of hydrogen-bond acceptors (Lipinski definition) is 2. The molecule has 3 nitrogen and oxygen atoms in total. The van der Waals surface area contributed by atoms with Crippen molar-refractivity contribution in [3.63, 3.8) is 0 Å². The van der Waals surface area contributed by atoms with Gasteiger partial charge in [-0.3, -0.25) is 9.59 Å². The van der Waals surface area contributed by atoms with E-state index in [1.807, 2.05) is 37.3 Å². The lowest BCUT2D eigenvalue weighted by Crippen LogP contribution is -2.31. The number of nitrogens with zero attached hydrogens (tertiary/aromatic N) is 1. The smallest absolute Gasteiger partial charge is 0.237 e. The Labute approximate surface area is 134 Å². The molecule has 0 spiro atoms. The summed E-state index contributed by atoms with van der Waals surface area (Å²) in [6, 6.07) is 15.1. The van der Waals surface area contributed by atoms with Gasteiger partial charge < -0.3 is 0 Å². The highest BCUT2D eigenvalue weighted by Crippen LogP contribution is 2.33. The molecule has 1 aliphatic heterocycles. The Morgan fingerprint density at radius 2 is 1.82 bits per heavy atom. The zero-order valence-electron chi connectivity index (χ0n) is 12.3.